The number of hydrogen-bond acceptors (Lipinski definition) is 5. The second kappa shape index (κ2) is 31.4. The van der Waals surface area contributed by atoms with Crippen molar-refractivity contribution >= 4 is 11.9 Å². The van der Waals surface area contributed by atoms with Gasteiger partial charge >= 0.3 is 11.9 Å². The number of esters is 2. The molecule has 0 bridgehead atoms. The molecule has 0 aliphatic heterocycles. The highest BCUT2D eigenvalue weighted by atomic mass is 16.6. The highest BCUT2D eigenvalue weighted by Gasteiger charge is 2.12. The molecule has 40 heavy (non-hydrogen) atoms. The zero-order valence-corrected chi connectivity index (χ0v) is 25.8. The maximum absolute atomic E-state index is 11.9. The fraction of sp³-hybridized carbons (Fsp3) is 0.714. The van der Waals surface area contributed by atoms with E-state index in [-0.39, 0.29) is 25.2 Å². The molecule has 0 amide bonds. The number of hydrogen-bond donors (Lipinski definition) is 1. The molecular weight excluding hydrogens is 500 g/mol. The first-order valence-corrected chi connectivity index (χ1v) is 16.2. The van der Waals surface area contributed by atoms with E-state index in [4.69, 9.17) is 9.47 Å². The van der Waals surface area contributed by atoms with E-state index in [1.165, 1.54) is 51.4 Å². The summed E-state index contributed by atoms with van der Waals surface area (Å²) in [5, 5.41) is 9.94. The van der Waals surface area contributed by atoms with Gasteiger partial charge in [-0.25, -0.2) is 0 Å². The molecule has 230 valence electrons. The summed E-state index contributed by atoms with van der Waals surface area (Å²) in [7, 11) is 0. The summed E-state index contributed by atoms with van der Waals surface area (Å²) >= 11 is 0. The zero-order chi connectivity index (χ0) is 29.4. The van der Waals surface area contributed by atoms with E-state index in [2.05, 4.69) is 62.5 Å². The normalized spacial score (nSPS) is 12.8. The fourth-order valence-electron chi connectivity index (χ4n) is 4.13. The average molecular weight is 561 g/mol. The number of allylic oxidation sites excluding steroid dienone is 8. The number of unbranched alkanes of at least 4 members (excludes halogenated alkanes) is 12. The van der Waals surface area contributed by atoms with Crippen molar-refractivity contribution in [3.8, 4) is 0 Å². The van der Waals surface area contributed by atoms with Crippen LogP contribution in [0.3, 0.4) is 0 Å². The highest BCUT2D eigenvalue weighted by molar-refractivity contribution is 5.69. The lowest BCUT2D eigenvalue weighted by Gasteiger charge is -2.12. The van der Waals surface area contributed by atoms with E-state index in [9.17, 15) is 14.7 Å². The molecule has 1 N–H and O–H groups in total. The van der Waals surface area contributed by atoms with Crippen LogP contribution in [0.5, 0.6) is 0 Å². The second-order valence-electron chi connectivity index (χ2n) is 10.6. The third-order valence-electron chi connectivity index (χ3n) is 6.58. The molecule has 0 saturated heterocycles. The maximum atomic E-state index is 11.9. The van der Waals surface area contributed by atoms with Gasteiger partial charge in [0.05, 0.1) is 0 Å². The lowest BCUT2D eigenvalue weighted by molar-refractivity contribution is -0.152. The van der Waals surface area contributed by atoms with Crippen LogP contribution < -0.4 is 0 Å². The molecular formula is C35H60O5. The third kappa shape index (κ3) is 30.4. The summed E-state index contributed by atoms with van der Waals surface area (Å²) in [6, 6.07) is 0. The minimum atomic E-state index is -0.977. The van der Waals surface area contributed by atoms with Crippen molar-refractivity contribution in [2.24, 2.45) is 0 Å². The third-order valence-corrected chi connectivity index (χ3v) is 6.58. The lowest BCUT2D eigenvalue weighted by Crippen LogP contribution is -2.25. The smallest absolute Gasteiger partial charge is 0.305 e. The Hall–Kier alpha value is -2.14. The number of carbonyl (C=O) groups excluding carboxylic acids is 2. The number of carbonyl (C=O) groups is 2. The van der Waals surface area contributed by atoms with E-state index >= 15 is 0 Å². The van der Waals surface area contributed by atoms with Gasteiger partial charge in [-0.3, -0.25) is 9.59 Å². The molecule has 0 spiro atoms. The van der Waals surface area contributed by atoms with E-state index in [1.54, 1.807) is 0 Å². The fourth-order valence-corrected chi connectivity index (χ4v) is 4.13. The molecule has 0 aromatic rings. The molecule has 0 unspecified atom stereocenters. The van der Waals surface area contributed by atoms with E-state index in [1.807, 2.05) is 0 Å². The Bertz CT molecular complexity index is 692. The minimum absolute atomic E-state index is 0.129. The van der Waals surface area contributed by atoms with Crippen molar-refractivity contribution in [2.75, 3.05) is 13.2 Å². The lowest BCUT2D eigenvalue weighted by atomic mass is 10.1. The van der Waals surface area contributed by atoms with E-state index < -0.39 is 6.10 Å². The van der Waals surface area contributed by atoms with Crippen LogP contribution in [0.4, 0.5) is 0 Å². The number of aliphatic hydroxyl groups excluding tert-OH is 1. The van der Waals surface area contributed by atoms with Crippen molar-refractivity contribution in [1.29, 1.82) is 0 Å². The van der Waals surface area contributed by atoms with Crippen molar-refractivity contribution < 1.29 is 24.2 Å². The van der Waals surface area contributed by atoms with Gasteiger partial charge in [0.2, 0.25) is 0 Å². The molecule has 0 aromatic carbocycles. The predicted octanol–water partition coefficient (Wildman–Crippen LogP) is 9.50. The van der Waals surface area contributed by atoms with Gasteiger partial charge in [-0.15, -0.1) is 0 Å². The molecule has 0 aliphatic carbocycles. The predicted molar refractivity (Wildman–Crippen MR) is 168 cm³/mol. The summed E-state index contributed by atoms with van der Waals surface area (Å²) in [6.45, 7) is 4.12. The van der Waals surface area contributed by atoms with Crippen LogP contribution in [0.15, 0.2) is 48.6 Å². The summed E-state index contributed by atoms with van der Waals surface area (Å²) in [5.74, 6) is -0.617. The van der Waals surface area contributed by atoms with Gasteiger partial charge < -0.3 is 14.6 Å². The molecule has 0 fully saturated rings. The topological polar surface area (TPSA) is 72.8 Å². The number of aliphatic hydroxyl groups is 1. The van der Waals surface area contributed by atoms with Gasteiger partial charge in [0.1, 0.15) is 19.3 Å². The highest BCUT2D eigenvalue weighted by Crippen LogP contribution is 2.12. The standard InChI is InChI=1S/C35H60O5/c1-3-5-7-9-11-13-15-16-17-18-20-22-24-26-28-30-35(38)40-32-33(36)31-39-34(37)29-27-25-23-21-19-14-12-10-8-6-4-2/h5,7,11,13,16-17,20,22,33,36H,3-4,6,8-10,12,14-15,18-19,21,23-32H2,1-2H3/b7-5-,13-11-,17-16-,22-20-/t33-/m1/s1. The zero-order valence-electron chi connectivity index (χ0n) is 25.8. The Labute approximate surface area is 246 Å². The van der Waals surface area contributed by atoms with Crippen LogP contribution in [-0.4, -0.2) is 36.4 Å². The van der Waals surface area contributed by atoms with E-state index in [0.717, 1.165) is 64.2 Å². The van der Waals surface area contributed by atoms with Crippen LogP contribution in [0.25, 0.3) is 0 Å². The molecule has 5 heteroatoms. The second-order valence-corrected chi connectivity index (χ2v) is 10.6. The molecule has 1 atom stereocenters. The summed E-state index contributed by atoms with van der Waals surface area (Å²) in [5.41, 5.74) is 0. The SMILES string of the molecule is CC/C=C\C/C=C\C/C=C\C/C=C\CCCCC(=O)OC[C@H](O)COC(=O)CCCCCCCCCCCCC. The molecule has 0 heterocycles. The first kappa shape index (κ1) is 37.9. The van der Waals surface area contributed by atoms with Crippen LogP contribution in [0, 0.1) is 0 Å². The number of ether oxygens (including phenoxy) is 2. The first-order chi connectivity index (χ1) is 19.6. The molecule has 5 nitrogen and oxygen atoms in total. The van der Waals surface area contributed by atoms with Gasteiger partial charge in [0, 0.05) is 12.8 Å². The average Bonchev–Trinajstić information content (AvgIpc) is 2.95. The molecule has 0 rings (SSSR count). The van der Waals surface area contributed by atoms with Gasteiger partial charge in [-0.2, -0.15) is 0 Å². The van der Waals surface area contributed by atoms with Crippen molar-refractivity contribution in [3.05, 3.63) is 48.6 Å². The summed E-state index contributed by atoms with van der Waals surface area (Å²) in [6.07, 6.45) is 37.3. The van der Waals surface area contributed by atoms with Gasteiger partial charge in [-0.1, -0.05) is 127 Å². The Morgan fingerprint density at radius 2 is 0.950 bits per heavy atom. The number of rotatable bonds is 28. The summed E-state index contributed by atoms with van der Waals surface area (Å²) in [4.78, 5) is 23.7. The summed E-state index contributed by atoms with van der Waals surface area (Å²) < 4.78 is 10.2. The van der Waals surface area contributed by atoms with Crippen LogP contribution >= 0.6 is 0 Å². The molecule has 0 aromatic heterocycles. The van der Waals surface area contributed by atoms with Crippen LogP contribution in [0.1, 0.15) is 142 Å². The Balaban J connectivity index is 3.55. The largest absolute Gasteiger partial charge is 0.463 e. The Morgan fingerprint density at radius 1 is 0.550 bits per heavy atom. The van der Waals surface area contributed by atoms with E-state index in [0.29, 0.717) is 12.8 Å². The van der Waals surface area contributed by atoms with Crippen molar-refractivity contribution in [2.45, 2.75) is 148 Å². The Kier molecular flexibility index (Phi) is 29.7. The Morgan fingerprint density at radius 3 is 1.43 bits per heavy atom. The monoisotopic (exact) mass is 560 g/mol. The van der Waals surface area contributed by atoms with Crippen LogP contribution in [0.2, 0.25) is 0 Å². The molecule has 0 radical (unpaired) electrons. The van der Waals surface area contributed by atoms with Gasteiger partial charge in [-0.05, 0) is 51.4 Å². The van der Waals surface area contributed by atoms with Gasteiger partial charge in [0.25, 0.3) is 0 Å². The van der Waals surface area contributed by atoms with Gasteiger partial charge in [0.15, 0.2) is 0 Å². The van der Waals surface area contributed by atoms with Crippen molar-refractivity contribution in [3.63, 3.8) is 0 Å². The first-order valence-electron chi connectivity index (χ1n) is 16.2. The quantitative estimate of drug-likeness (QED) is 0.0586. The van der Waals surface area contributed by atoms with Crippen LogP contribution in [-0.2, 0) is 19.1 Å². The molecule has 0 saturated carbocycles. The van der Waals surface area contributed by atoms with Crippen molar-refractivity contribution in [1.82, 2.24) is 0 Å². The molecule has 0 aliphatic rings. The minimum Gasteiger partial charge on any atom is -0.463 e. The maximum Gasteiger partial charge on any atom is 0.305 e.